The van der Waals surface area contributed by atoms with Gasteiger partial charge in [-0.05, 0) is 6.08 Å². The average Bonchev–Trinajstić information content (AvgIpc) is 3.07. The summed E-state index contributed by atoms with van der Waals surface area (Å²) in [5, 5.41) is 3.06. The molecule has 1 aromatic rings. The molecule has 1 aliphatic heterocycles. The summed E-state index contributed by atoms with van der Waals surface area (Å²) in [5.74, 6) is 0.610. The highest BCUT2D eigenvalue weighted by atomic mass is 15.1. The minimum atomic E-state index is -0.340. The van der Waals surface area contributed by atoms with Gasteiger partial charge in [0.2, 0.25) is 5.96 Å². The molecule has 2 unspecified atom stereocenters. The van der Waals surface area contributed by atoms with Crippen LogP contribution in [-0.2, 0) is 0 Å². The lowest BCUT2D eigenvalue weighted by molar-refractivity contribution is -0.358. The summed E-state index contributed by atoms with van der Waals surface area (Å²) in [5.41, 5.74) is 29.3. The number of guanidine groups is 2. The van der Waals surface area contributed by atoms with Gasteiger partial charge < -0.3 is 28.3 Å². The van der Waals surface area contributed by atoms with E-state index < -0.39 is 0 Å². The number of aromatic nitrogens is 2. The second kappa shape index (κ2) is 7.17. The third kappa shape index (κ3) is 4.50. The van der Waals surface area contributed by atoms with Crippen molar-refractivity contribution < 1.29 is 4.98 Å². The Balaban J connectivity index is 2.37. The third-order valence-corrected chi connectivity index (χ3v) is 3.24. The van der Waals surface area contributed by atoms with Crippen molar-refractivity contribution in [3.05, 3.63) is 36.1 Å². The zero-order chi connectivity index (χ0) is 17.7. The number of nitrogens with zero attached hydrogens (tertiary/aromatic N) is 3. The van der Waals surface area contributed by atoms with Crippen LogP contribution in [0.25, 0.3) is 0 Å². The molecular formula is C13H22N11+. The maximum atomic E-state index is 5.72. The number of H-pyrrole nitrogens is 2. The van der Waals surface area contributed by atoms with Crippen LogP contribution in [0.4, 0.5) is 5.95 Å². The Labute approximate surface area is 138 Å². The first-order valence-electron chi connectivity index (χ1n) is 7.07. The number of allylic oxidation sites excluding steroid dienone is 1. The van der Waals surface area contributed by atoms with E-state index in [0.717, 1.165) is 5.69 Å². The Morgan fingerprint density at radius 3 is 2.67 bits per heavy atom. The molecule has 1 aromatic heterocycles. The monoisotopic (exact) mass is 332 g/mol. The number of hydrogen-bond acceptors (Lipinski definition) is 7. The molecule has 0 saturated carbocycles. The molecule has 2 atom stereocenters. The van der Waals surface area contributed by atoms with Crippen LogP contribution in [0.3, 0.4) is 0 Å². The van der Waals surface area contributed by atoms with E-state index in [1.165, 1.54) is 0 Å². The fourth-order valence-electron chi connectivity index (χ4n) is 2.25. The van der Waals surface area contributed by atoms with Crippen molar-refractivity contribution in [1.29, 1.82) is 0 Å². The van der Waals surface area contributed by atoms with Gasteiger partial charge in [0.1, 0.15) is 5.69 Å². The van der Waals surface area contributed by atoms with Crippen molar-refractivity contribution in [3.8, 4) is 0 Å². The number of rotatable bonds is 7. The highest BCUT2D eigenvalue weighted by molar-refractivity contribution is 5.99. The third-order valence-electron chi connectivity index (χ3n) is 3.24. The Morgan fingerprint density at radius 1 is 1.42 bits per heavy atom. The lowest BCUT2D eigenvalue weighted by Crippen LogP contribution is -2.37. The molecule has 2 rings (SSSR count). The SMILES string of the molecule is C=C(N)NC(C=C1C=NC(N)=N1)C(CN=C(N)N)c1c[nH+]c(N)[nH]1. The lowest BCUT2D eigenvalue weighted by atomic mass is 9.95. The van der Waals surface area contributed by atoms with Crippen LogP contribution in [-0.4, -0.2) is 35.7 Å². The van der Waals surface area contributed by atoms with Crippen LogP contribution in [0.5, 0.6) is 0 Å². The van der Waals surface area contributed by atoms with Crippen LogP contribution in [0.1, 0.15) is 11.6 Å². The Morgan fingerprint density at radius 2 is 2.17 bits per heavy atom. The number of imidazole rings is 1. The van der Waals surface area contributed by atoms with Gasteiger partial charge in [-0.2, -0.15) is 0 Å². The van der Waals surface area contributed by atoms with Crippen LogP contribution in [0.15, 0.2) is 45.3 Å². The van der Waals surface area contributed by atoms with Gasteiger partial charge >= 0.3 is 5.95 Å². The van der Waals surface area contributed by atoms with Crippen molar-refractivity contribution >= 4 is 24.1 Å². The topological polar surface area (TPSA) is 209 Å². The molecule has 0 bridgehead atoms. The molecule has 0 radical (unpaired) electrons. The maximum absolute atomic E-state index is 5.72. The van der Waals surface area contributed by atoms with Crippen molar-refractivity contribution in [2.75, 3.05) is 12.3 Å². The predicted molar refractivity (Wildman–Crippen MR) is 93.6 cm³/mol. The molecule has 11 nitrogen and oxygen atoms in total. The molecule has 2 heterocycles. The summed E-state index contributed by atoms with van der Waals surface area (Å²) in [6, 6.07) is -0.340. The summed E-state index contributed by atoms with van der Waals surface area (Å²) in [7, 11) is 0. The van der Waals surface area contributed by atoms with Crippen LogP contribution < -0.4 is 39.0 Å². The standard InChI is InChI=1S/C13H21N11/c1-6(14)22-9(2-7-3-20-12(17)23-7)8(4-19-11(15)16)10-5-21-13(18)24-10/h2-3,5,8-9,22H,1,4,14H2,(H2,17,23)(H4,15,16,19)(H3,18,21,24)/p+1. The molecule has 1 aliphatic rings. The smallest absolute Gasteiger partial charge is 0.350 e. The largest absolute Gasteiger partial charge is 0.386 e. The van der Waals surface area contributed by atoms with Crippen molar-refractivity contribution in [3.63, 3.8) is 0 Å². The summed E-state index contributed by atoms with van der Waals surface area (Å²) in [4.78, 5) is 18.0. The minimum Gasteiger partial charge on any atom is -0.386 e. The summed E-state index contributed by atoms with van der Waals surface area (Å²) in [6.45, 7) is 3.96. The Hall–Kier alpha value is -3.50. The first-order chi connectivity index (χ1) is 11.3. The van der Waals surface area contributed by atoms with E-state index in [1.807, 2.05) is 6.08 Å². The van der Waals surface area contributed by atoms with Crippen LogP contribution in [0.2, 0.25) is 0 Å². The first kappa shape index (κ1) is 16.9. The van der Waals surface area contributed by atoms with Gasteiger partial charge in [0, 0.05) is 0 Å². The molecule has 0 spiro atoms. The highest BCUT2D eigenvalue weighted by Crippen LogP contribution is 2.21. The number of nitrogens with two attached hydrogens (primary N) is 5. The fourth-order valence-corrected chi connectivity index (χ4v) is 2.25. The normalized spacial score (nSPS) is 17.3. The van der Waals surface area contributed by atoms with Gasteiger partial charge in [0.15, 0.2) is 5.96 Å². The molecule has 13 N–H and O–H groups in total. The quantitative estimate of drug-likeness (QED) is 0.211. The predicted octanol–water partition coefficient (Wildman–Crippen LogP) is -2.56. The number of nitrogen functional groups attached to an aromatic ring is 1. The number of anilines is 1. The number of nitrogens with one attached hydrogen (secondary N) is 3. The minimum absolute atomic E-state index is 0.0221. The second-order valence-corrected chi connectivity index (χ2v) is 5.17. The molecule has 0 aliphatic carbocycles. The highest BCUT2D eigenvalue weighted by Gasteiger charge is 2.26. The lowest BCUT2D eigenvalue weighted by Gasteiger charge is -2.23. The number of aliphatic imine (C=N–C) groups is 3. The second-order valence-electron chi connectivity index (χ2n) is 5.17. The summed E-state index contributed by atoms with van der Waals surface area (Å²) in [6.07, 6.45) is 5.09. The molecule has 0 fully saturated rings. The molecule has 0 aromatic carbocycles. The van der Waals surface area contributed by atoms with E-state index in [2.05, 4.69) is 36.8 Å². The van der Waals surface area contributed by atoms with E-state index in [4.69, 9.17) is 28.7 Å². The van der Waals surface area contributed by atoms with Crippen LogP contribution >= 0.6 is 0 Å². The molecular weight excluding hydrogens is 310 g/mol. The zero-order valence-electron chi connectivity index (χ0n) is 13.0. The average molecular weight is 332 g/mol. The van der Waals surface area contributed by atoms with Crippen molar-refractivity contribution in [1.82, 2.24) is 10.3 Å². The summed E-state index contributed by atoms with van der Waals surface area (Å²) >= 11 is 0. The molecule has 0 amide bonds. The molecule has 11 heteroatoms. The van der Waals surface area contributed by atoms with E-state index in [9.17, 15) is 0 Å². The fraction of sp³-hybridized carbons (Fsp3) is 0.231. The van der Waals surface area contributed by atoms with Gasteiger partial charge in [-0.3, -0.25) is 10.7 Å². The summed E-state index contributed by atoms with van der Waals surface area (Å²) < 4.78 is 0. The molecule has 0 saturated heterocycles. The van der Waals surface area contributed by atoms with Crippen molar-refractivity contribution in [2.24, 2.45) is 37.9 Å². The van der Waals surface area contributed by atoms with E-state index in [-0.39, 0.29) is 36.2 Å². The molecule has 24 heavy (non-hydrogen) atoms. The van der Waals surface area contributed by atoms with Crippen molar-refractivity contribution in [2.45, 2.75) is 12.0 Å². The number of aromatic amines is 2. The van der Waals surface area contributed by atoms with E-state index in [0.29, 0.717) is 11.6 Å². The van der Waals surface area contributed by atoms with Gasteiger partial charge in [-0.15, -0.1) is 0 Å². The maximum Gasteiger partial charge on any atom is 0.350 e. The first-order valence-corrected chi connectivity index (χ1v) is 7.07. The van der Waals surface area contributed by atoms with Gasteiger partial charge in [0.25, 0.3) is 0 Å². The van der Waals surface area contributed by atoms with Gasteiger partial charge in [0.05, 0.1) is 42.4 Å². The van der Waals surface area contributed by atoms with Gasteiger partial charge in [-0.25, -0.2) is 20.0 Å². The van der Waals surface area contributed by atoms with E-state index >= 15 is 0 Å². The zero-order valence-corrected chi connectivity index (χ0v) is 13.0. The van der Waals surface area contributed by atoms with E-state index in [1.54, 1.807) is 12.4 Å². The molecule has 128 valence electrons. The van der Waals surface area contributed by atoms with Gasteiger partial charge in [-0.1, -0.05) is 6.58 Å². The Kier molecular flexibility index (Phi) is 5.04. The van der Waals surface area contributed by atoms with Crippen LogP contribution in [0, 0.1) is 0 Å². The number of hydrogen-bond donors (Lipinski definition) is 7. The Bertz CT molecular complexity index is 720.